The maximum Gasteiger partial charge on any atom is 0.237 e. The van der Waals surface area contributed by atoms with Crippen LogP contribution in [0.5, 0.6) is 0 Å². The Morgan fingerprint density at radius 3 is 2.48 bits per heavy atom. The number of carbonyl (C=O) groups excluding carboxylic acids is 1. The molecule has 1 unspecified atom stereocenters. The molecule has 1 fully saturated rings. The Morgan fingerprint density at radius 1 is 1.33 bits per heavy atom. The molecule has 1 N–H and O–H groups in total. The largest absolute Gasteiger partial charge is 0.334 e. The van der Waals surface area contributed by atoms with Crippen molar-refractivity contribution in [2.24, 2.45) is 5.92 Å². The molecule has 1 aliphatic heterocycles. The molecule has 120 valence electrons. The average Bonchev–Trinajstić information content (AvgIpc) is 2.90. The van der Waals surface area contributed by atoms with Crippen LogP contribution >= 0.6 is 0 Å². The summed E-state index contributed by atoms with van der Waals surface area (Å²) >= 11 is 0. The zero-order valence-electron chi connectivity index (χ0n) is 13.7. The van der Waals surface area contributed by atoms with Crippen molar-refractivity contribution in [3.05, 3.63) is 25.3 Å². The van der Waals surface area contributed by atoms with E-state index >= 15 is 0 Å². The van der Waals surface area contributed by atoms with Crippen LogP contribution in [0.25, 0.3) is 0 Å². The van der Waals surface area contributed by atoms with E-state index in [-0.39, 0.29) is 5.91 Å². The van der Waals surface area contributed by atoms with Gasteiger partial charge in [-0.2, -0.15) is 0 Å². The van der Waals surface area contributed by atoms with E-state index in [4.69, 9.17) is 0 Å². The van der Waals surface area contributed by atoms with Crippen molar-refractivity contribution in [2.75, 3.05) is 39.3 Å². The lowest BCUT2D eigenvalue weighted by Gasteiger charge is -2.29. The fraction of sp³-hybridized carbons (Fsp3) is 0.706. The minimum Gasteiger partial charge on any atom is -0.334 e. The Labute approximate surface area is 129 Å². The van der Waals surface area contributed by atoms with Crippen LogP contribution in [0.4, 0.5) is 0 Å². The van der Waals surface area contributed by atoms with Gasteiger partial charge in [0.15, 0.2) is 0 Å². The zero-order valence-corrected chi connectivity index (χ0v) is 13.7. The highest BCUT2D eigenvalue weighted by Crippen LogP contribution is 2.09. The van der Waals surface area contributed by atoms with Gasteiger partial charge < -0.3 is 10.2 Å². The first-order valence-electron chi connectivity index (χ1n) is 8.02. The molecule has 1 saturated heterocycles. The second-order valence-corrected chi connectivity index (χ2v) is 6.26. The molecule has 0 aliphatic carbocycles. The van der Waals surface area contributed by atoms with Crippen molar-refractivity contribution in [1.82, 2.24) is 15.1 Å². The van der Waals surface area contributed by atoms with Crippen LogP contribution in [-0.2, 0) is 4.79 Å². The lowest BCUT2D eigenvalue weighted by atomic mass is 10.1. The quantitative estimate of drug-likeness (QED) is 0.625. The Balaban J connectivity index is 2.57. The molecule has 0 radical (unpaired) electrons. The topological polar surface area (TPSA) is 35.6 Å². The number of carbonyl (C=O) groups is 1. The molecular weight excluding hydrogens is 262 g/mol. The van der Waals surface area contributed by atoms with Gasteiger partial charge >= 0.3 is 0 Å². The zero-order chi connectivity index (χ0) is 15.7. The standard InChI is InChI=1S/C17H31N3O/c1-5-10-20(11-6-2)17(21)14-19(12-15(3)4)13-16-8-7-9-18-16/h5-6,15-16,18H,1-2,7-14H2,3-4H3. The molecule has 0 bridgehead atoms. The van der Waals surface area contributed by atoms with Crippen LogP contribution in [-0.4, -0.2) is 61.0 Å². The first kappa shape index (κ1) is 17.9. The molecule has 4 nitrogen and oxygen atoms in total. The SMILES string of the molecule is C=CCN(CC=C)C(=O)CN(CC(C)C)CC1CCCN1. The van der Waals surface area contributed by atoms with Crippen molar-refractivity contribution in [3.8, 4) is 0 Å². The summed E-state index contributed by atoms with van der Waals surface area (Å²) in [5.41, 5.74) is 0. The summed E-state index contributed by atoms with van der Waals surface area (Å²) in [6, 6.07) is 0.531. The molecular formula is C17H31N3O. The maximum atomic E-state index is 12.5. The van der Waals surface area contributed by atoms with Crippen molar-refractivity contribution in [2.45, 2.75) is 32.7 Å². The summed E-state index contributed by atoms with van der Waals surface area (Å²) in [7, 11) is 0. The molecule has 1 aliphatic rings. The van der Waals surface area contributed by atoms with Gasteiger partial charge in [0.05, 0.1) is 6.54 Å². The van der Waals surface area contributed by atoms with Gasteiger partial charge in [-0.25, -0.2) is 0 Å². The molecule has 0 aromatic heterocycles. The van der Waals surface area contributed by atoms with Gasteiger partial charge in [-0.1, -0.05) is 26.0 Å². The van der Waals surface area contributed by atoms with Crippen LogP contribution in [0, 0.1) is 5.92 Å². The van der Waals surface area contributed by atoms with Gasteiger partial charge in [-0.3, -0.25) is 9.69 Å². The summed E-state index contributed by atoms with van der Waals surface area (Å²) in [4.78, 5) is 16.5. The lowest BCUT2D eigenvalue weighted by Crippen LogP contribution is -2.46. The normalized spacial score (nSPS) is 18.2. The van der Waals surface area contributed by atoms with E-state index in [1.807, 2.05) is 0 Å². The molecule has 1 amide bonds. The van der Waals surface area contributed by atoms with Crippen LogP contribution in [0.1, 0.15) is 26.7 Å². The number of rotatable bonds is 10. The van der Waals surface area contributed by atoms with Crippen molar-refractivity contribution >= 4 is 5.91 Å². The predicted octanol–water partition coefficient (Wildman–Crippen LogP) is 1.90. The fourth-order valence-electron chi connectivity index (χ4n) is 2.83. The third kappa shape index (κ3) is 6.91. The molecule has 1 atom stereocenters. The van der Waals surface area contributed by atoms with Crippen molar-refractivity contribution in [1.29, 1.82) is 0 Å². The molecule has 21 heavy (non-hydrogen) atoms. The molecule has 0 aromatic carbocycles. The molecule has 4 heteroatoms. The number of hydrogen-bond acceptors (Lipinski definition) is 3. The molecule has 0 saturated carbocycles. The number of nitrogens with zero attached hydrogens (tertiary/aromatic N) is 2. The fourth-order valence-corrected chi connectivity index (χ4v) is 2.83. The third-order valence-electron chi connectivity index (χ3n) is 3.67. The first-order valence-corrected chi connectivity index (χ1v) is 8.02. The highest BCUT2D eigenvalue weighted by Gasteiger charge is 2.21. The summed E-state index contributed by atoms with van der Waals surface area (Å²) < 4.78 is 0. The second kappa shape index (κ2) is 9.74. The van der Waals surface area contributed by atoms with Crippen molar-refractivity contribution < 1.29 is 4.79 Å². The summed E-state index contributed by atoms with van der Waals surface area (Å²) in [6.07, 6.45) is 6.00. The molecule has 0 spiro atoms. The molecule has 0 aromatic rings. The van der Waals surface area contributed by atoms with Crippen molar-refractivity contribution in [3.63, 3.8) is 0 Å². The van der Waals surface area contributed by atoms with Gasteiger partial charge in [0.2, 0.25) is 5.91 Å². The molecule has 1 heterocycles. The van der Waals surface area contributed by atoms with E-state index in [0.717, 1.165) is 19.6 Å². The Hall–Kier alpha value is -1.13. The Kier molecular flexibility index (Phi) is 8.31. The number of nitrogens with one attached hydrogen (secondary N) is 1. The van der Waals surface area contributed by atoms with Gasteiger partial charge in [0.25, 0.3) is 0 Å². The number of amides is 1. The van der Waals surface area contributed by atoms with E-state index in [2.05, 4.69) is 37.2 Å². The van der Waals surface area contributed by atoms with E-state index in [9.17, 15) is 4.79 Å². The molecule has 1 rings (SSSR count). The van der Waals surface area contributed by atoms with E-state index in [1.54, 1.807) is 17.1 Å². The van der Waals surface area contributed by atoms with E-state index < -0.39 is 0 Å². The maximum absolute atomic E-state index is 12.5. The number of hydrogen-bond donors (Lipinski definition) is 1. The highest BCUT2D eigenvalue weighted by atomic mass is 16.2. The van der Waals surface area contributed by atoms with Gasteiger partial charge in [-0.15, -0.1) is 13.2 Å². The van der Waals surface area contributed by atoms with E-state index in [1.165, 1.54) is 12.8 Å². The van der Waals surface area contributed by atoms with Crippen LogP contribution in [0.2, 0.25) is 0 Å². The third-order valence-corrected chi connectivity index (χ3v) is 3.67. The Bertz CT molecular complexity index is 325. The van der Waals surface area contributed by atoms with Crippen LogP contribution in [0.15, 0.2) is 25.3 Å². The van der Waals surface area contributed by atoms with Crippen LogP contribution in [0.3, 0.4) is 0 Å². The summed E-state index contributed by atoms with van der Waals surface area (Å²) in [6.45, 7) is 16.5. The van der Waals surface area contributed by atoms with Gasteiger partial charge in [0.1, 0.15) is 0 Å². The minimum atomic E-state index is 0.161. The summed E-state index contributed by atoms with van der Waals surface area (Å²) in [5, 5.41) is 3.51. The lowest BCUT2D eigenvalue weighted by molar-refractivity contribution is -0.131. The van der Waals surface area contributed by atoms with Crippen LogP contribution < -0.4 is 5.32 Å². The van der Waals surface area contributed by atoms with E-state index in [0.29, 0.717) is 31.6 Å². The van der Waals surface area contributed by atoms with Gasteiger partial charge in [-0.05, 0) is 25.3 Å². The first-order chi connectivity index (χ1) is 10.1. The monoisotopic (exact) mass is 293 g/mol. The highest BCUT2D eigenvalue weighted by molar-refractivity contribution is 5.78. The van der Waals surface area contributed by atoms with Gasteiger partial charge in [0, 0.05) is 32.2 Å². The predicted molar refractivity (Wildman–Crippen MR) is 89.3 cm³/mol. The Morgan fingerprint density at radius 2 is 2.00 bits per heavy atom. The summed E-state index contributed by atoms with van der Waals surface area (Å²) in [5.74, 6) is 0.722. The average molecular weight is 293 g/mol. The minimum absolute atomic E-state index is 0.161. The second-order valence-electron chi connectivity index (χ2n) is 6.26. The smallest absolute Gasteiger partial charge is 0.237 e.